The lowest BCUT2D eigenvalue weighted by atomic mass is 10.1. The summed E-state index contributed by atoms with van der Waals surface area (Å²) in [6.07, 6.45) is 4.25. The zero-order chi connectivity index (χ0) is 16.2. The number of rotatable bonds is 3. The highest BCUT2D eigenvalue weighted by molar-refractivity contribution is 7.98. The molecule has 0 spiro atoms. The molecule has 0 saturated carbocycles. The molecular formula is C15H19N5O2S. The first kappa shape index (κ1) is 16.0. The number of anilines is 1. The van der Waals surface area contributed by atoms with Crippen molar-refractivity contribution >= 4 is 23.5 Å². The van der Waals surface area contributed by atoms with Gasteiger partial charge in [0.15, 0.2) is 11.0 Å². The highest BCUT2D eigenvalue weighted by atomic mass is 32.2. The lowest BCUT2D eigenvalue weighted by Crippen LogP contribution is -2.44. The van der Waals surface area contributed by atoms with E-state index in [2.05, 4.69) is 16.0 Å². The molecule has 2 aliphatic heterocycles. The molecule has 1 aromatic heterocycles. The molecule has 3 heterocycles. The molecule has 1 amide bonds. The smallest absolute Gasteiger partial charge is 0.227 e. The number of amides is 1. The van der Waals surface area contributed by atoms with E-state index in [0.717, 1.165) is 13.0 Å². The molecule has 1 aromatic rings. The van der Waals surface area contributed by atoms with Crippen LogP contribution in [0.25, 0.3) is 0 Å². The van der Waals surface area contributed by atoms with Crippen LogP contribution in [0.2, 0.25) is 0 Å². The van der Waals surface area contributed by atoms with Crippen LogP contribution in [0.5, 0.6) is 0 Å². The summed E-state index contributed by atoms with van der Waals surface area (Å²) in [5, 5.41) is 9.91. The van der Waals surface area contributed by atoms with E-state index >= 15 is 0 Å². The van der Waals surface area contributed by atoms with Gasteiger partial charge in [0.05, 0.1) is 25.3 Å². The number of nitrogens with zero attached hydrogens (tertiary/aromatic N) is 5. The number of hydrogen-bond donors (Lipinski definition) is 0. The van der Waals surface area contributed by atoms with Gasteiger partial charge in [-0.2, -0.15) is 5.26 Å². The van der Waals surface area contributed by atoms with Crippen molar-refractivity contribution in [1.29, 1.82) is 5.26 Å². The van der Waals surface area contributed by atoms with Gasteiger partial charge in [-0.25, -0.2) is 9.97 Å². The summed E-state index contributed by atoms with van der Waals surface area (Å²) in [5.41, 5.74) is 0.460. The molecule has 2 aliphatic rings. The Bertz CT molecular complexity index is 627. The average Bonchev–Trinajstić information content (AvgIpc) is 3.11. The third kappa shape index (κ3) is 3.41. The molecule has 23 heavy (non-hydrogen) atoms. The van der Waals surface area contributed by atoms with Crippen LogP contribution in [0.15, 0.2) is 11.4 Å². The van der Waals surface area contributed by atoms with Crippen LogP contribution in [0.1, 0.15) is 12.0 Å². The van der Waals surface area contributed by atoms with Gasteiger partial charge in [-0.05, 0) is 12.7 Å². The first-order valence-corrected chi connectivity index (χ1v) is 8.88. The second-order valence-corrected chi connectivity index (χ2v) is 6.35. The number of hydrogen-bond acceptors (Lipinski definition) is 7. The van der Waals surface area contributed by atoms with Crippen LogP contribution >= 0.6 is 11.8 Å². The highest BCUT2D eigenvalue weighted by Crippen LogP contribution is 2.27. The summed E-state index contributed by atoms with van der Waals surface area (Å²) in [5.74, 6) is 0.796. The highest BCUT2D eigenvalue weighted by Gasteiger charge is 2.33. The number of thioether (sulfide) groups is 1. The monoisotopic (exact) mass is 333 g/mol. The van der Waals surface area contributed by atoms with Crippen LogP contribution in [0, 0.1) is 17.2 Å². The molecule has 0 bridgehead atoms. The molecule has 0 radical (unpaired) electrons. The molecule has 1 atom stereocenters. The predicted octanol–water partition coefficient (Wildman–Crippen LogP) is 0.755. The second-order valence-electron chi connectivity index (χ2n) is 5.58. The van der Waals surface area contributed by atoms with Gasteiger partial charge < -0.3 is 14.5 Å². The predicted molar refractivity (Wildman–Crippen MR) is 86.2 cm³/mol. The molecule has 0 N–H and O–H groups in total. The zero-order valence-electron chi connectivity index (χ0n) is 13.1. The van der Waals surface area contributed by atoms with Gasteiger partial charge in [-0.1, -0.05) is 11.8 Å². The molecule has 2 fully saturated rings. The quantitative estimate of drug-likeness (QED) is 0.596. The fourth-order valence-corrected chi connectivity index (χ4v) is 3.31. The minimum Gasteiger partial charge on any atom is -0.378 e. The Hall–Kier alpha value is -1.85. The molecule has 122 valence electrons. The van der Waals surface area contributed by atoms with Crippen LogP contribution in [0.3, 0.4) is 0 Å². The molecule has 7 nitrogen and oxygen atoms in total. The third-order valence-corrected chi connectivity index (χ3v) is 4.77. The molecule has 3 rings (SSSR count). The summed E-state index contributed by atoms with van der Waals surface area (Å²) in [6, 6.07) is 2.14. The molecule has 2 saturated heterocycles. The van der Waals surface area contributed by atoms with Crippen molar-refractivity contribution in [3.63, 3.8) is 0 Å². The Balaban J connectivity index is 1.72. The Morgan fingerprint density at radius 2 is 2.22 bits per heavy atom. The Labute approximate surface area is 139 Å². The molecule has 0 aromatic carbocycles. The van der Waals surface area contributed by atoms with Gasteiger partial charge in [0.1, 0.15) is 11.6 Å². The number of aromatic nitrogens is 2. The minimum absolute atomic E-state index is 0.0349. The summed E-state index contributed by atoms with van der Waals surface area (Å²) >= 11 is 1.44. The van der Waals surface area contributed by atoms with E-state index in [0.29, 0.717) is 49.4 Å². The SMILES string of the molecule is CSc1ncc(C#N)c(N2CCC(C(=O)N3CCOCC3)C2)n1. The summed E-state index contributed by atoms with van der Waals surface area (Å²) in [6.45, 7) is 3.91. The number of nitriles is 1. The van der Waals surface area contributed by atoms with Crippen molar-refractivity contribution in [3.05, 3.63) is 11.8 Å². The van der Waals surface area contributed by atoms with E-state index in [1.165, 1.54) is 11.8 Å². The van der Waals surface area contributed by atoms with Crippen LogP contribution in [-0.2, 0) is 9.53 Å². The maximum absolute atomic E-state index is 12.6. The zero-order valence-corrected chi connectivity index (χ0v) is 13.9. The summed E-state index contributed by atoms with van der Waals surface area (Å²) < 4.78 is 5.30. The standard InChI is InChI=1S/C15H19N5O2S/c1-23-15-17-9-12(8-16)13(18-15)20-3-2-11(10-20)14(21)19-4-6-22-7-5-19/h9,11H,2-7,10H2,1H3. The summed E-state index contributed by atoms with van der Waals surface area (Å²) in [7, 11) is 0. The van der Waals surface area contributed by atoms with E-state index < -0.39 is 0 Å². The van der Waals surface area contributed by atoms with Crippen molar-refractivity contribution in [1.82, 2.24) is 14.9 Å². The maximum atomic E-state index is 12.6. The Morgan fingerprint density at radius 3 is 2.91 bits per heavy atom. The van der Waals surface area contributed by atoms with Gasteiger partial charge in [0.25, 0.3) is 0 Å². The second kappa shape index (κ2) is 7.15. The third-order valence-electron chi connectivity index (χ3n) is 4.21. The van der Waals surface area contributed by atoms with Crippen molar-refractivity contribution in [3.8, 4) is 6.07 Å². The largest absolute Gasteiger partial charge is 0.378 e. The number of carbonyl (C=O) groups excluding carboxylic acids is 1. The first-order chi connectivity index (χ1) is 11.2. The van der Waals surface area contributed by atoms with Crippen LogP contribution in [0.4, 0.5) is 5.82 Å². The van der Waals surface area contributed by atoms with Gasteiger partial charge in [0.2, 0.25) is 5.91 Å². The van der Waals surface area contributed by atoms with Gasteiger partial charge >= 0.3 is 0 Å². The number of ether oxygens (including phenoxy) is 1. The van der Waals surface area contributed by atoms with Crippen LogP contribution < -0.4 is 4.90 Å². The van der Waals surface area contributed by atoms with E-state index in [9.17, 15) is 10.1 Å². The maximum Gasteiger partial charge on any atom is 0.227 e. The van der Waals surface area contributed by atoms with E-state index in [1.807, 2.05) is 16.1 Å². The lowest BCUT2D eigenvalue weighted by molar-refractivity contribution is -0.138. The van der Waals surface area contributed by atoms with Gasteiger partial charge in [-0.3, -0.25) is 4.79 Å². The average molecular weight is 333 g/mol. The topological polar surface area (TPSA) is 82.4 Å². The Kier molecular flexibility index (Phi) is 4.98. The molecule has 8 heteroatoms. The Morgan fingerprint density at radius 1 is 1.43 bits per heavy atom. The van der Waals surface area contributed by atoms with Crippen molar-refractivity contribution in [2.45, 2.75) is 11.6 Å². The number of morpholine rings is 1. The van der Waals surface area contributed by atoms with Crippen molar-refractivity contribution in [2.75, 3.05) is 50.5 Å². The molecule has 0 aliphatic carbocycles. The van der Waals surface area contributed by atoms with E-state index in [-0.39, 0.29) is 11.8 Å². The number of carbonyl (C=O) groups is 1. The van der Waals surface area contributed by atoms with Gasteiger partial charge in [-0.15, -0.1) is 0 Å². The lowest BCUT2D eigenvalue weighted by Gasteiger charge is -2.29. The van der Waals surface area contributed by atoms with Crippen LogP contribution in [-0.4, -0.2) is 66.4 Å². The normalized spacial score (nSPS) is 21.3. The molecular weight excluding hydrogens is 314 g/mol. The van der Waals surface area contributed by atoms with E-state index in [4.69, 9.17) is 4.74 Å². The summed E-state index contributed by atoms with van der Waals surface area (Å²) in [4.78, 5) is 25.1. The fraction of sp³-hybridized carbons (Fsp3) is 0.600. The molecule has 1 unspecified atom stereocenters. The van der Waals surface area contributed by atoms with Gasteiger partial charge in [0, 0.05) is 26.2 Å². The first-order valence-electron chi connectivity index (χ1n) is 7.65. The van der Waals surface area contributed by atoms with Crippen molar-refractivity contribution in [2.24, 2.45) is 5.92 Å². The van der Waals surface area contributed by atoms with Crippen molar-refractivity contribution < 1.29 is 9.53 Å². The minimum atomic E-state index is -0.0349. The fourth-order valence-electron chi connectivity index (χ4n) is 2.97. The van der Waals surface area contributed by atoms with E-state index in [1.54, 1.807) is 6.20 Å².